The average Bonchev–Trinajstić information content (AvgIpc) is 1.99. The minimum atomic E-state index is -0.590. The highest BCUT2D eigenvalue weighted by Crippen LogP contribution is 2.04. The van der Waals surface area contributed by atoms with E-state index in [1.807, 2.05) is 13.8 Å². The van der Waals surface area contributed by atoms with E-state index in [-0.39, 0.29) is 5.91 Å². The lowest BCUT2D eigenvalue weighted by Crippen LogP contribution is -2.39. The van der Waals surface area contributed by atoms with Crippen LogP contribution in [0.2, 0.25) is 0 Å². The minimum Gasteiger partial charge on any atom is -0.374 e. The van der Waals surface area contributed by atoms with Gasteiger partial charge in [0.2, 0.25) is 5.91 Å². The summed E-state index contributed by atoms with van der Waals surface area (Å²) < 4.78 is 0. The molecule has 12 heavy (non-hydrogen) atoms. The quantitative estimate of drug-likeness (QED) is 0.638. The third-order valence-electron chi connectivity index (χ3n) is 1.78. The van der Waals surface area contributed by atoms with E-state index < -0.39 is 6.23 Å². The van der Waals surface area contributed by atoms with Crippen molar-refractivity contribution >= 4 is 5.91 Å². The Morgan fingerprint density at radius 3 is 2.33 bits per heavy atom. The van der Waals surface area contributed by atoms with E-state index in [1.165, 1.54) is 11.8 Å². The summed E-state index contributed by atoms with van der Waals surface area (Å²) >= 11 is 0. The van der Waals surface area contributed by atoms with Gasteiger partial charge in [0.25, 0.3) is 0 Å². The maximum atomic E-state index is 11.0. The molecular formula is C9H19NO2. The van der Waals surface area contributed by atoms with Gasteiger partial charge in [0.05, 0.1) is 0 Å². The molecule has 0 aromatic heterocycles. The van der Waals surface area contributed by atoms with Gasteiger partial charge in [0.15, 0.2) is 0 Å². The molecule has 0 saturated carbocycles. The molecule has 0 spiro atoms. The predicted octanol–water partition coefficient (Wildman–Crippen LogP) is 1.36. The first kappa shape index (κ1) is 11.4. The van der Waals surface area contributed by atoms with E-state index in [4.69, 9.17) is 0 Å². The lowest BCUT2D eigenvalue weighted by atomic mass is 10.2. The van der Waals surface area contributed by atoms with Crippen molar-refractivity contribution in [1.29, 1.82) is 0 Å². The minimum absolute atomic E-state index is 0.0437. The molecule has 0 saturated heterocycles. The van der Waals surface area contributed by atoms with E-state index in [1.54, 1.807) is 0 Å². The van der Waals surface area contributed by atoms with E-state index in [0.717, 1.165) is 12.8 Å². The van der Waals surface area contributed by atoms with Crippen LogP contribution in [0.3, 0.4) is 0 Å². The summed E-state index contributed by atoms with van der Waals surface area (Å²) in [5.41, 5.74) is 0. The number of amides is 1. The van der Waals surface area contributed by atoms with Crippen LogP contribution >= 0.6 is 0 Å². The Labute approximate surface area is 74.4 Å². The third-order valence-corrected chi connectivity index (χ3v) is 1.78. The van der Waals surface area contributed by atoms with Crippen molar-refractivity contribution in [2.24, 2.45) is 0 Å². The van der Waals surface area contributed by atoms with Crippen molar-refractivity contribution in [1.82, 2.24) is 4.90 Å². The number of carbonyl (C=O) groups is 1. The first-order valence-electron chi connectivity index (χ1n) is 4.58. The second-order valence-corrected chi connectivity index (χ2v) is 2.98. The summed E-state index contributed by atoms with van der Waals surface area (Å²) in [6.45, 7) is 6.13. The highest BCUT2D eigenvalue weighted by Gasteiger charge is 2.15. The summed E-state index contributed by atoms with van der Waals surface area (Å²) in [7, 11) is 0. The molecule has 0 fully saturated rings. The summed E-state index contributed by atoms with van der Waals surface area (Å²) in [6, 6.07) is 0. The Morgan fingerprint density at radius 1 is 1.42 bits per heavy atom. The molecule has 0 rings (SSSR count). The van der Waals surface area contributed by atoms with Crippen LogP contribution in [-0.2, 0) is 4.79 Å². The summed E-state index contributed by atoms with van der Waals surface area (Å²) in [5.74, 6) is -0.0437. The fourth-order valence-electron chi connectivity index (χ4n) is 1.17. The molecule has 3 heteroatoms. The van der Waals surface area contributed by atoms with E-state index >= 15 is 0 Å². The van der Waals surface area contributed by atoms with Crippen LogP contribution in [0.1, 0.15) is 40.0 Å². The van der Waals surface area contributed by atoms with Crippen molar-refractivity contribution in [3.8, 4) is 0 Å². The number of nitrogens with zero attached hydrogens (tertiary/aromatic N) is 1. The number of aliphatic hydroxyl groups is 1. The van der Waals surface area contributed by atoms with Gasteiger partial charge in [-0.3, -0.25) is 4.79 Å². The molecule has 0 aliphatic rings. The number of carbonyl (C=O) groups excluding carboxylic acids is 1. The largest absolute Gasteiger partial charge is 0.374 e. The molecule has 0 aliphatic heterocycles. The van der Waals surface area contributed by atoms with Crippen molar-refractivity contribution < 1.29 is 9.90 Å². The van der Waals surface area contributed by atoms with Gasteiger partial charge in [0.1, 0.15) is 6.23 Å². The molecule has 1 N–H and O–H groups in total. The Hall–Kier alpha value is -0.570. The Bertz CT molecular complexity index is 136. The molecule has 3 nitrogen and oxygen atoms in total. The molecule has 72 valence electrons. The fourth-order valence-corrected chi connectivity index (χ4v) is 1.17. The van der Waals surface area contributed by atoms with E-state index in [9.17, 15) is 9.90 Å². The van der Waals surface area contributed by atoms with Crippen LogP contribution in [0.25, 0.3) is 0 Å². The zero-order valence-corrected chi connectivity index (χ0v) is 8.21. The highest BCUT2D eigenvalue weighted by atomic mass is 16.3. The standard InChI is InChI=1S/C9H19NO2/c1-4-6-9(12)10(7-5-2)8(3)11/h9,12H,4-7H2,1-3H3. The van der Waals surface area contributed by atoms with E-state index in [0.29, 0.717) is 13.0 Å². The van der Waals surface area contributed by atoms with Crippen molar-refractivity contribution in [3.63, 3.8) is 0 Å². The summed E-state index contributed by atoms with van der Waals surface area (Å²) in [5, 5.41) is 9.52. The lowest BCUT2D eigenvalue weighted by Gasteiger charge is -2.26. The van der Waals surface area contributed by atoms with Gasteiger partial charge in [0, 0.05) is 13.5 Å². The second-order valence-electron chi connectivity index (χ2n) is 2.98. The predicted molar refractivity (Wildman–Crippen MR) is 48.6 cm³/mol. The molecule has 0 aromatic carbocycles. The second kappa shape index (κ2) is 6.00. The Morgan fingerprint density at radius 2 is 2.00 bits per heavy atom. The number of rotatable bonds is 5. The van der Waals surface area contributed by atoms with Crippen LogP contribution < -0.4 is 0 Å². The first-order chi connectivity index (χ1) is 5.63. The smallest absolute Gasteiger partial charge is 0.221 e. The fraction of sp³-hybridized carbons (Fsp3) is 0.889. The van der Waals surface area contributed by atoms with Gasteiger partial charge < -0.3 is 10.0 Å². The van der Waals surface area contributed by atoms with Gasteiger partial charge in [-0.05, 0) is 12.8 Å². The summed E-state index contributed by atoms with van der Waals surface area (Å²) in [4.78, 5) is 12.5. The van der Waals surface area contributed by atoms with Crippen LogP contribution in [-0.4, -0.2) is 28.7 Å². The summed E-state index contributed by atoms with van der Waals surface area (Å²) in [6.07, 6.45) is 1.86. The molecular weight excluding hydrogens is 154 g/mol. The van der Waals surface area contributed by atoms with Crippen molar-refractivity contribution in [2.45, 2.75) is 46.3 Å². The Balaban J connectivity index is 3.99. The van der Waals surface area contributed by atoms with Gasteiger partial charge in [-0.15, -0.1) is 0 Å². The van der Waals surface area contributed by atoms with Crippen LogP contribution in [0.15, 0.2) is 0 Å². The number of hydrogen-bond donors (Lipinski definition) is 1. The van der Waals surface area contributed by atoms with Crippen LogP contribution in [0.4, 0.5) is 0 Å². The Kier molecular flexibility index (Phi) is 5.72. The maximum absolute atomic E-state index is 11.0. The molecule has 0 radical (unpaired) electrons. The maximum Gasteiger partial charge on any atom is 0.221 e. The van der Waals surface area contributed by atoms with Gasteiger partial charge >= 0.3 is 0 Å². The van der Waals surface area contributed by atoms with Gasteiger partial charge in [-0.25, -0.2) is 0 Å². The zero-order chi connectivity index (χ0) is 9.56. The number of aliphatic hydroxyl groups excluding tert-OH is 1. The molecule has 0 aliphatic carbocycles. The third kappa shape index (κ3) is 3.72. The average molecular weight is 173 g/mol. The molecule has 0 aromatic rings. The lowest BCUT2D eigenvalue weighted by molar-refractivity contribution is -0.139. The van der Waals surface area contributed by atoms with E-state index in [2.05, 4.69) is 0 Å². The molecule has 1 atom stereocenters. The molecule has 1 unspecified atom stereocenters. The SMILES string of the molecule is CCCC(O)N(CCC)C(C)=O. The van der Waals surface area contributed by atoms with Crippen LogP contribution in [0, 0.1) is 0 Å². The van der Waals surface area contributed by atoms with Crippen molar-refractivity contribution in [2.75, 3.05) is 6.54 Å². The molecule has 1 amide bonds. The molecule has 0 bridgehead atoms. The zero-order valence-electron chi connectivity index (χ0n) is 8.21. The monoisotopic (exact) mass is 173 g/mol. The first-order valence-corrected chi connectivity index (χ1v) is 4.58. The van der Waals surface area contributed by atoms with Crippen molar-refractivity contribution in [3.05, 3.63) is 0 Å². The topological polar surface area (TPSA) is 40.5 Å². The van der Waals surface area contributed by atoms with Gasteiger partial charge in [-0.2, -0.15) is 0 Å². The normalized spacial score (nSPS) is 12.7. The van der Waals surface area contributed by atoms with Crippen LogP contribution in [0.5, 0.6) is 0 Å². The molecule has 0 heterocycles. The van der Waals surface area contributed by atoms with Gasteiger partial charge in [-0.1, -0.05) is 20.3 Å². The highest BCUT2D eigenvalue weighted by molar-refractivity contribution is 5.73. The number of hydrogen-bond acceptors (Lipinski definition) is 2.